The molecule has 2 heterocycles. The fourth-order valence-corrected chi connectivity index (χ4v) is 4.55. The Labute approximate surface area is 157 Å². The van der Waals surface area contributed by atoms with Gasteiger partial charge in [-0.25, -0.2) is 13.2 Å². The summed E-state index contributed by atoms with van der Waals surface area (Å²) in [6.45, 7) is 2.94. The van der Waals surface area contributed by atoms with Crippen LogP contribution in [0.2, 0.25) is 0 Å². The Morgan fingerprint density at radius 1 is 1.11 bits per heavy atom. The Morgan fingerprint density at radius 2 is 1.74 bits per heavy atom. The molecule has 1 atom stereocenters. The van der Waals surface area contributed by atoms with Gasteiger partial charge in [-0.15, -0.1) is 0 Å². The molecule has 0 spiro atoms. The van der Waals surface area contributed by atoms with Crippen LogP contribution in [0, 0.1) is 6.92 Å². The predicted octanol–water partition coefficient (Wildman–Crippen LogP) is -0.184. The molecule has 2 aliphatic heterocycles. The molecule has 0 radical (unpaired) electrons. The third-order valence-electron chi connectivity index (χ3n) is 4.76. The van der Waals surface area contributed by atoms with E-state index in [-0.39, 0.29) is 36.7 Å². The third kappa shape index (κ3) is 4.28. The Kier molecular flexibility index (Phi) is 5.47. The van der Waals surface area contributed by atoms with Crippen LogP contribution in [0.15, 0.2) is 29.2 Å². The minimum Gasteiger partial charge on any atom is -0.340 e. The maximum absolute atomic E-state index is 12.7. The fourth-order valence-electron chi connectivity index (χ4n) is 3.13. The van der Waals surface area contributed by atoms with Crippen molar-refractivity contribution in [3.05, 3.63) is 29.8 Å². The van der Waals surface area contributed by atoms with Crippen LogP contribution in [-0.4, -0.2) is 67.7 Å². The first-order chi connectivity index (χ1) is 12.8. The number of nitrogens with one attached hydrogen (secondary N) is 2. The largest absolute Gasteiger partial charge is 0.340 e. The molecule has 2 fully saturated rings. The molecule has 2 N–H and O–H groups in total. The number of sulfonamides is 1. The van der Waals surface area contributed by atoms with Gasteiger partial charge in [0.15, 0.2) is 0 Å². The van der Waals surface area contributed by atoms with Crippen LogP contribution in [0.25, 0.3) is 0 Å². The van der Waals surface area contributed by atoms with Crippen LogP contribution in [0.4, 0.5) is 4.79 Å². The minimum absolute atomic E-state index is 0.114. The van der Waals surface area contributed by atoms with E-state index in [1.807, 2.05) is 6.92 Å². The molecule has 0 unspecified atom stereocenters. The Hall–Kier alpha value is -2.46. The van der Waals surface area contributed by atoms with Crippen molar-refractivity contribution >= 4 is 27.9 Å². The molecular weight excluding hydrogens is 372 g/mol. The number of amides is 4. The summed E-state index contributed by atoms with van der Waals surface area (Å²) in [6.07, 6.45) is 0.335. The zero-order valence-electron chi connectivity index (χ0n) is 15.0. The third-order valence-corrected chi connectivity index (χ3v) is 6.67. The normalized spacial score (nSPS) is 21.1. The van der Waals surface area contributed by atoms with Gasteiger partial charge in [-0.2, -0.15) is 4.31 Å². The molecule has 2 aliphatic rings. The monoisotopic (exact) mass is 394 g/mol. The van der Waals surface area contributed by atoms with E-state index in [9.17, 15) is 22.8 Å². The lowest BCUT2D eigenvalue weighted by atomic mass is 10.1. The minimum atomic E-state index is -3.57. The van der Waals surface area contributed by atoms with Crippen molar-refractivity contribution in [3.63, 3.8) is 0 Å². The second-order valence-electron chi connectivity index (χ2n) is 6.65. The molecule has 2 saturated heterocycles. The second-order valence-corrected chi connectivity index (χ2v) is 8.59. The summed E-state index contributed by atoms with van der Waals surface area (Å²) in [6, 6.07) is 5.44. The van der Waals surface area contributed by atoms with Crippen LogP contribution >= 0.6 is 0 Å². The first-order valence-corrected chi connectivity index (χ1v) is 10.2. The molecule has 10 heteroatoms. The maximum Gasteiger partial charge on any atom is 0.322 e. The van der Waals surface area contributed by atoms with Crippen molar-refractivity contribution in [3.8, 4) is 0 Å². The number of piperazine rings is 1. The number of urea groups is 1. The van der Waals surface area contributed by atoms with Gasteiger partial charge in [0.2, 0.25) is 15.9 Å². The molecule has 4 amide bonds. The van der Waals surface area contributed by atoms with E-state index in [1.165, 1.54) is 4.31 Å². The van der Waals surface area contributed by atoms with Crippen LogP contribution in [0.1, 0.15) is 18.4 Å². The maximum atomic E-state index is 12.7. The first kappa shape index (κ1) is 19.3. The summed E-state index contributed by atoms with van der Waals surface area (Å²) in [7, 11) is -3.57. The highest BCUT2D eigenvalue weighted by atomic mass is 32.2. The van der Waals surface area contributed by atoms with Crippen LogP contribution < -0.4 is 10.6 Å². The molecular formula is C17H22N4O5S. The highest BCUT2D eigenvalue weighted by Gasteiger charge is 2.32. The van der Waals surface area contributed by atoms with Crippen molar-refractivity contribution in [2.24, 2.45) is 0 Å². The lowest BCUT2D eigenvalue weighted by Gasteiger charge is -2.34. The number of carbonyl (C=O) groups excluding carboxylic acids is 3. The van der Waals surface area contributed by atoms with Crippen LogP contribution in [0.3, 0.4) is 0 Å². The van der Waals surface area contributed by atoms with Gasteiger partial charge in [0.25, 0.3) is 5.91 Å². The summed E-state index contributed by atoms with van der Waals surface area (Å²) in [4.78, 5) is 36.7. The Balaban J connectivity index is 1.52. The Morgan fingerprint density at radius 3 is 2.30 bits per heavy atom. The smallest absolute Gasteiger partial charge is 0.322 e. The van der Waals surface area contributed by atoms with Crippen LogP contribution in [-0.2, 0) is 19.6 Å². The van der Waals surface area contributed by atoms with Gasteiger partial charge < -0.3 is 10.2 Å². The molecule has 27 heavy (non-hydrogen) atoms. The summed E-state index contributed by atoms with van der Waals surface area (Å²) >= 11 is 0. The van der Waals surface area contributed by atoms with E-state index in [0.29, 0.717) is 13.1 Å². The molecule has 0 bridgehead atoms. The summed E-state index contributed by atoms with van der Waals surface area (Å²) < 4.78 is 26.7. The molecule has 0 aromatic heterocycles. The van der Waals surface area contributed by atoms with Gasteiger partial charge >= 0.3 is 6.03 Å². The van der Waals surface area contributed by atoms with Gasteiger partial charge in [-0.05, 0) is 25.5 Å². The van der Waals surface area contributed by atoms with E-state index in [1.54, 1.807) is 29.2 Å². The highest BCUT2D eigenvalue weighted by Crippen LogP contribution is 2.18. The van der Waals surface area contributed by atoms with Gasteiger partial charge in [0.05, 0.1) is 4.90 Å². The van der Waals surface area contributed by atoms with Crippen molar-refractivity contribution in [2.45, 2.75) is 30.7 Å². The number of aryl methyl sites for hydroxylation is 1. The molecule has 1 aromatic carbocycles. The van der Waals surface area contributed by atoms with Crippen LogP contribution in [0.5, 0.6) is 0 Å². The first-order valence-electron chi connectivity index (χ1n) is 8.73. The topological polar surface area (TPSA) is 116 Å². The SMILES string of the molecule is Cc1ccc(S(=O)(=O)N2CCN(C(=O)CC[C@H]3NC(=O)NC3=O)CC2)cc1. The molecule has 0 saturated carbocycles. The van der Waals surface area contributed by atoms with Crippen molar-refractivity contribution in [2.75, 3.05) is 26.2 Å². The number of carbonyl (C=O) groups is 3. The summed E-state index contributed by atoms with van der Waals surface area (Å²) in [5.74, 6) is -0.585. The lowest BCUT2D eigenvalue weighted by molar-refractivity contribution is -0.132. The van der Waals surface area contributed by atoms with E-state index in [4.69, 9.17) is 0 Å². The average Bonchev–Trinajstić information content (AvgIpc) is 2.97. The Bertz CT molecular complexity index is 845. The van der Waals surface area contributed by atoms with E-state index in [2.05, 4.69) is 10.6 Å². The van der Waals surface area contributed by atoms with Crippen molar-refractivity contribution < 1.29 is 22.8 Å². The van der Waals surface area contributed by atoms with Gasteiger partial charge in [0.1, 0.15) is 6.04 Å². The number of benzene rings is 1. The van der Waals surface area contributed by atoms with E-state index < -0.39 is 28.0 Å². The van der Waals surface area contributed by atoms with Crippen molar-refractivity contribution in [1.82, 2.24) is 19.8 Å². The number of hydrogen-bond acceptors (Lipinski definition) is 5. The number of rotatable bonds is 5. The zero-order valence-corrected chi connectivity index (χ0v) is 15.8. The second kappa shape index (κ2) is 7.65. The van der Waals surface area contributed by atoms with E-state index in [0.717, 1.165) is 5.56 Å². The number of hydrogen-bond donors (Lipinski definition) is 2. The van der Waals surface area contributed by atoms with Crippen molar-refractivity contribution in [1.29, 1.82) is 0 Å². The quantitative estimate of drug-likeness (QED) is 0.672. The molecule has 9 nitrogen and oxygen atoms in total. The summed E-state index contributed by atoms with van der Waals surface area (Å²) in [5, 5.41) is 4.58. The fraction of sp³-hybridized carbons (Fsp3) is 0.471. The highest BCUT2D eigenvalue weighted by molar-refractivity contribution is 7.89. The number of nitrogens with zero attached hydrogens (tertiary/aromatic N) is 2. The molecule has 0 aliphatic carbocycles. The van der Waals surface area contributed by atoms with Gasteiger partial charge in [-0.3, -0.25) is 14.9 Å². The molecule has 1 aromatic rings. The van der Waals surface area contributed by atoms with Gasteiger partial charge in [-0.1, -0.05) is 17.7 Å². The summed E-state index contributed by atoms with van der Waals surface area (Å²) in [5.41, 5.74) is 0.983. The zero-order chi connectivity index (χ0) is 19.6. The van der Waals surface area contributed by atoms with E-state index >= 15 is 0 Å². The number of imide groups is 1. The molecule has 3 rings (SSSR count). The lowest BCUT2D eigenvalue weighted by Crippen LogP contribution is -2.50. The van der Waals surface area contributed by atoms with Gasteiger partial charge in [0, 0.05) is 32.6 Å². The molecule has 146 valence electrons. The standard InChI is InChI=1S/C17H22N4O5S/c1-12-2-4-13(5-3-12)27(25,26)21-10-8-20(9-11-21)15(22)7-6-14-16(23)19-17(24)18-14/h2-5,14H,6-11H2,1H3,(H2,18,19,23,24)/t14-/m1/s1. The predicted molar refractivity (Wildman–Crippen MR) is 96.2 cm³/mol. The average molecular weight is 394 g/mol.